The number of hydrogen-bond donors (Lipinski definition) is 0. The second-order valence-electron chi connectivity index (χ2n) is 5.47. The molecule has 3 saturated carbocycles. The summed E-state index contributed by atoms with van der Waals surface area (Å²) in [6.07, 6.45) is 6.10. The van der Waals surface area contributed by atoms with Crippen LogP contribution in [0.25, 0.3) is 0 Å². The first-order valence-electron chi connectivity index (χ1n) is 5.83. The fourth-order valence-electron chi connectivity index (χ4n) is 4.15. The van der Waals surface area contributed by atoms with E-state index in [4.69, 9.17) is 0 Å². The summed E-state index contributed by atoms with van der Waals surface area (Å²) in [4.78, 5) is 0. The van der Waals surface area contributed by atoms with E-state index < -0.39 is 0 Å². The van der Waals surface area contributed by atoms with E-state index in [0.29, 0.717) is 0 Å². The first-order valence-corrected chi connectivity index (χ1v) is 5.83. The van der Waals surface area contributed by atoms with Crippen molar-refractivity contribution in [2.75, 3.05) is 0 Å². The summed E-state index contributed by atoms with van der Waals surface area (Å²) < 4.78 is 0. The van der Waals surface area contributed by atoms with Crippen LogP contribution in [0.5, 0.6) is 0 Å². The number of fused-ring (bicyclic) bond motifs is 3. The Kier molecular flexibility index (Phi) is 1.40. The average Bonchev–Trinajstić information content (AvgIpc) is 2.87. The first-order chi connectivity index (χ1) is 5.83. The highest BCUT2D eigenvalue weighted by molar-refractivity contribution is 5.15. The molecule has 0 aliphatic heterocycles. The molecule has 0 amide bonds. The quantitative estimate of drug-likeness (QED) is 0.600. The van der Waals surface area contributed by atoms with Crippen molar-refractivity contribution in [1.29, 1.82) is 0 Å². The predicted molar refractivity (Wildman–Crippen MR) is 50.8 cm³/mol. The standard InChI is InChI=1S/C12H20/c1-3-4-7(2)12-10-5-8(10)9-6-11(9)12/h7-12H,3-6H2,1-2H3. The molecule has 3 aliphatic rings. The van der Waals surface area contributed by atoms with Crippen LogP contribution in [0.2, 0.25) is 0 Å². The molecule has 0 bridgehead atoms. The van der Waals surface area contributed by atoms with Gasteiger partial charge in [-0.1, -0.05) is 26.7 Å². The van der Waals surface area contributed by atoms with E-state index in [0.717, 1.165) is 5.92 Å². The van der Waals surface area contributed by atoms with Crippen molar-refractivity contribution in [3.63, 3.8) is 0 Å². The SMILES string of the molecule is CCCC(C)C1C2CC2C2CC21. The van der Waals surface area contributed by atoms with Crippen LogP contribution in [0.3, 0.4) is 0 Å². The summed E-state index contributed by atoms with van der Waals surface area (Å²) in [5, 5.41) is 0. The molecule has 0 aromatic carbocycles. The molecule has 3 aliphatic carbocycles. The predicted octanol–water partition coefficient (Wildman–Crippen LogP) is 3.32. The largest absolute Gasteiger partial charge is 0.0654 e. The number of hydrogen-bond acceptors (Lipinski definition) is 0. The van der Waals surface area contributed by atoms with Crippen molar-refractivity contribution in [1.82, 2.24) is 0 Å². The molecule has 3 rings (SSSR count). The Balaban J connectivity index is 1.68. The molecule has 0 radical (unpaired) electrons. The summed E-state index contributed by atoms with van der Waals surface area (Å²) in [5.74, 6) is 7.06. The lowest BCUT2D eigenvalue weighted by molar-refractivity contribution is 0.277. The maximum Gasteiger partial charge on any atom is -0.0326 e. The molecule has 0 aromatic rings. The van der Waals surface area contributed by atoms with E-state index in [2.05, 4.69) is 13.8 Å². The molecule has 5 unspecified atom stereocenters. The highest BCUT2D eigenvalue weighted by Gasteiger charge is 2.67. The molecule has 3 fully saturated rings. The van der Waals surface area contributed by atoms with Gasteiger partial charge in [-0.2, -0.15) is 0 Å². The van der Waals surface area contributed by atoms with Gasteiger partial charge in [0, 0.05) is 0 Å². The van der Waals surface area contributed by atoms with E-state index in [9.17, 15) is 0 Å². The van der Waals surface area contributed by atoms with Gasteiger partial charge in [0.15, 0.2) is 0 Å². The van der Waals surface area contributed by atoms with Gasteiger partial charge >= 0.3 is 0 Å². The molecule has 0 N–H and O–H groups in total. The van der Waals surface area contributed by atoms with Crippen molar-refractivity contribution >= 4 is 0 Å². The van der Waals surface area contributed by atoms with Gasteiger partial charge in [-0.25, -0.2) is 0 Å². The molecule has 12 heavy (non-hydrogen) atoms. The maximum absolute atomic E-state index is 2.50. The average molecular weight is 164 g/mol. The van der Waals surface area contributed by atoms with Gasteiger partial charge in [0.2, 0.25) is 0 Å². The Hall–Kier alpha value is 0. The Morgan fingerprint density at radius 2 is 1.67 bits per heavy atom. The summed E-state index contributed by atoms with van der Waals surface area (Å²) in [7, 11) is 0. The highest BCUT2D eigenvalue weighted by atomic mass is 14.7. The molecule has 0 aromatic heterocycles. The minimum atomic E-state index is 1.04. The zero-order chi connectivity index (χ0) is 8.29. The van der Waals surface area contributed by atoms with Crippen LogP contribution in [-0.2, 0) is 0 Å². The van der Waals surface area contributed by atoms with Crippen molar-refractivity contribution in [3.05, 3.63) is 0 Å². The third-order valence-electron chi connectivity index (χ3n) is 4.72. The Morgan fingerprint density at radius 3 is 2.17 bits per heavy atom. The van der Waals surface area contributed by atoms with Crippen molar-refractivity contribution in [2.45, 2.75) is 39.5 Å². The smallest absolute Gasteiger partial charge is 0.0326 e. The third kappa shape index (κ3) is 0.843. The zero-order valence-corrected chi connectivity index (χ0v) is 8.29. The fraction of sp³-hybridized carbons (Fsp3) is 1.00. The summed E-state index contributed by atoms with van der Waals surface area (Å²) >= 11 is 0. The molecule has 0 heteroatoms. The van der Waals surface area contributed by atoms with E-state index in [1.807, 2.05) is 0 Å². The Morgan fingerprint density at radius 1 is 1.08 bits per heavy atom. The molecule has 0 heterocycles. The van der Waals surface area contributed by atoms with E-state index >= 15 is 0 Å². The van der Waals surface area contributed by atoms with Gasteiger partial charge in [0.1, 0.15) is 0 Å². The Bertz CT molecular complexity index is 180. The van der Waals surface area contributed by atoms with Crippen LogP contribution in [0.15, 0.2) is 0 Å². The monoisotopic (exact) mass is 164 g/mol. The van der Waals surface area contributed by atoms with Gasteiger partial charge in [-0.05, 0) is 48.3 Å². The topological polar surface area (TPSA) is 0 Å². The fourth-order valence-corrected chi connectivity index (χ4v) is 4.15. The van der Waals surface area contributed by atoms with Crippen LogP contribution in [0, 0.1) is 35.5 Å². The molecule has 0 saturated heterocycles. The minimum Gasteiger partial charge on any atom is -0.0654 e. The van der Waals surface area contributed by atoms with E-state index in [-0.39, 0.29) is 0 Å². The van der Waals surface area contributed by atoms with Crippen molar-refractivity contribution in [2.24, 2.45) is 35.5 Å². The normalized spacial score (nSPS) is 56.0. The molecule has 0 nitrogen and oxygen atoms in total. The lowest BCUT2D eigenvalue weighted by Crippen LogP contribution is -2.14. The highest BCUT2D eigenvalue weighted by Crippen LogP contribution is 2.73. The molecular formula is C12H20. The maximum atomic E-state index is 2.50. The lowest BCUT2D eigenvalue weighted by atomic mass is 9.84. The van der Waals surface area contributed by atoms with Crippen LogP contribution < -0.4 is 0 Å². The minimum absolute atomic E-state index is 1.04. The summed E-state index contributed by atoms with van der Waals surface area (Å²) in [6, 6.07) is 0. The lowest BCUT2D eigenvalue weighted by Gasteiger charge is -2.21. The summed E-state index contributed by atoms with van der Waals surface area (Å²) in [6.45, 7) is 4.84. The van der Waals surface area contributed by atoms with Gasteiger partial charge in [0.25, 0.3) is 0 Å². The van der Waals surface area contributed by atoms with Gasteiger partial charge < -0.3 is 0 Å². The zero-order valence-electron chi connectivity index (χ0n) is 8.29. The van der Waals surface area contributed by atoms with Crippen molar-refractivity contribution in [3.8, 4) is 0 Å². The first kappa shape index (κ1) is 7.41. The van der Waals surface area contributed by atoms with Crippen molar-refractivity contribution < 1.29 is 0 Å². The molecular weight excluding hydrogens is 144 g/mol. The van der Waals surface area contributed by atoms with Crippen LogP contribution >= 0.6 is 0 Å². The molecule has 68 valence electrons. The Labute approximate surface area is 75.7 Å². The third-order valence-corrected chi connectivity index (χ3v) is 4.72. The van der Waals surface area contributed by atoms with Gasteiger partial charge in [-0.3, -0.25) is 0 Å². The molecule has 0 spiro atoms. The van der Waals surface area contributed by atoms with Gasteiger partial charge in [-0.15, -0.1) is 0 Å². The van der Waals surface area contributed by atoms with Crippen LogP contribution in [0.4, 0.5) is 0 Å². The van der Waals surface area contributed by atoms with E-state index in [1.165, 1.54) is 42.4 Å². The van der Waals surface area contributed by atoms with Crippen LogP contribution in [-0.4, -0.2) is 0 Å². The van der Waals surface area contributed by atoms with Crippen LogP contribution in [0.1, 0.15) is 39.5 Å². The van der Waals surface area contributed by atoms with Gasteiger partial charge in [0.05, 0.1) is 0 Å². The second kappa shape index (κ2) is 2.27. The van der Waals surface area contributed by atoms with E-state index in [1.54, 1.807) is 12.8 Å². The summed E-state index contributed by atoms with van der Waals surface area (Å²) in [5.41, 5.74) is 0. The molecule has 5 atom stereocenters. The number of rotatable bonds is 3. The second-order valence-corrected chi connectivity index (χ2v) is 5.47.